The molecule has 0 saturated heterocycles. The van der Waals surface area contributed by atoms with Gasteiger partial charge in [0.1, 0.15) is 11.7 Å². The summed E-state index contributed by atoms with van der Waals surface area (Å²) in [6, 6.07) is 7.22. The molecule has 1 aliphatic rings. The Labute approximate surface area is 151 Å². The van der Waals surface area contributed by atoms with Gasteiger partial charge in [-0.15, -0.1) is 0 Å². The van der Waals surface area contributed by atoms with Crippen molar-refractivity contribution in [2.45, 2.75) is 51.3 Å². The van der Waals surface area contributed by atoms with Crippen molar-refractivity contribution >= 4 is 11.5 Å². The SMILES string of the molecule is Cc1ccc(N(C)c2nc(OC3CCCCC3)ncc2C(F)(F)F)cc1. The summed E-state index contributed by atoms with van der Waals surface area (Å²) in [6.45, 7) is 1.92. The van der Waals surface area contributed by atoms with Crippen molar-refractivity contribution in [1.29, 1.82) is 0 Å². The predicted molar refractivity (Wildman–Crippen MR) is 93.8 cm³/mol. The Morgan fingerprint density at radius 2 is 1.73 bits per heavy atom. The zero-order valence-electron chi connectivity index (χ0n) is 14.9. The van der Waals surface area contributed by atoms with Crippen molar-refractivity contribution in [2.24, 2.45) is 0 Å². The minimum Gasteiger partial charge on any atom is -0.460 e. The maximum Gasteiger partial charge on any atom is 0.421 e. The van der Waals surface area contributed by atoms with Gasteiger partial charge in [0.05, 0.1) is 0 Å². The lowest BCUT2D eigenvalue weighted by Crippen LogP contribution is -2.23. The van der Waals surface area contributed by atoms with Crippen LogP contribution in [0.4, 0.5) is 24.7 Å². The molecule has 1 aromatic heterocycles. The Morgan fingerprint density at radius 3 is 2.35 bits per heavy atom. The molecule has 0 bridgehead atoms. The molecule has 0 N–H and O–H groups in total. The first kappa shape index (κ1) is 18.5. The largest absolute Gasteiger partial charge is 0.460 e. The van der Waals surface area contributed by atoms with Crippen molar-refractivity contribution < 1.29 is 17.9 Å². The topological polar surface area (TPSA) is 38.2 Å². The van der Waals surface area contributed by atoms with Crippen LogP contribution >= 0.6 is 0 Å². The molecule has 1 fully saturated rings. The first-order valence-corrected chi connectivity index (χ1v) is 8.76. The molecule has 140 valence electrons. The Kier molecular flexibility index (Phi) is 5.34. The van der Waals surface area contributed by atoms with E-state index in [0.717, 1.165) is 43.9 Å². The monoisotopic (exact) mass is 365 g/mol. The number of anilines is 2. The lowest BCUT2D eigenvalue weighted by atomic mass is 9.98. The third-order valence-corrected chi connectivity index (χ3v) is 4.62. The number of alkyl halides is 3. The lowest BCUT2D eigenvalue weighted by molar-refractivity contribution is -0.137. The van der Waals surface area contributed by atoms with Gasteiger partial charge < -0.3 is 9.64 Å². The summed E-state index contributed by atoms with van der Waals surface area (Å²) in [6.07, 6.45) is 1.28. The highest BCUT2D eigenvalue weighted by Gasteiger charge is 2.37. The van der Waals surface area contributed by atoms with Gasteiger partial charge in [-0.3, -0.25) is 0 Å². The molecular formula is C19H22F3N3O. The number of rotatable bonds is 4. The summed E-state index contributed by atoms with van der Waals surface area (Å²) in [5.41, 5.74) is 0.766. The van der Waals surface area contributed by atoms with E-state index in [9.17, 15) is 13.2 Å². The van der Waals surface area contributed by atoms with E-state index in [1.807, 2.05) is 19.1 Å². The molecule has 2 aromatic rings. The van der Waals surface area contributed by atoms with Crippen LogP contribution in [0.15, 0.2) is 30.5 Å². The van der Waals surface area contributed by atoms with E-state index in [0.29, 0.717) is 5.69 Å². The molecule has 0 atom stereocenters. The van der Waals surface area contributed by atoms with Gasteiger partial charge >= 0.3 is 12.2 Å². The molecule has 26 heavy (non-hydrogen) atoms. The van der Waals surface area contributed by atoms with Gasteiger partial charge in [-0.25, -0.2) is 4.98 Å². The fourth-order valence-corrected chi connectivity index (χ4v) is 3.09. The van der Waals surface area contributed by atoms with Crippen molar-refractivity contribution in [3.05, 3.63) is 41.6 Å². The van der Waals surface area contributed by atoms with E-state index < -0.39 is 11.7 Å². The van der Waals surface area contributed by atoms with Crippen LogP contribution < -0.4 is 9.64 Å². The highest BCUT2D eigenvalue weighted by molar-refractivity contribution is 5.63. The molecule has 0 radical (unpaired) electrons. The van der Waals surface area contributed by atoms with Crippen LogP contribution in [-0.2, 0) is 6.18 Å². The summed E-state index contributed by atoms with van der Waals surface area (Å²) in [4.78, 5) is 9.33. The first-order valence-electron chi connectivity index (χ1n) is 8.76. The van der Waals surface area contributed by atoms with Gasteiger partial charge in [0, 0.05) is 18.9 Å². The molecule has 7 heteroatoms. The summed E-state index contributed by atoms with van der Waals surface area (Å²) in [7, 11) is 1.56. The second-order valence-electron chi connectivity index (χ2n) is 6.66. The van der Waals surface area contributed by atoms with E-state index >= 15 is 0 Å². The van der Waals surface area contributed by atoms with Crippen molar-refractivity contribution in [1.82, 2.24) is 9.97 Å². The fraction of sp³-hybridized carbons (Fsp3) is 0.474. The number of ether oxygens (including phenoxy) is 1. The summed E-state index contributed by atoms with van der Waals surface area (Å²) >= 11 is 0. The van der Waals surface area contributed by atoms with E-state index in [4.69, 9.17) is 4.74 Å². The number of aromatic nitrogens is 2. The Bertz CT molecular complexity index is 741. The zero-order valence-corrected chi connectivity index (χ0v) is 14.9. The number of aryl methyl sites for hydroxylation is 1. The van der Waals surface area contributed by atoms with E-state index in [1.165, 1.54) is 4.90 Å². The molecule has 0 aliphatic heterocycles. The highest BCUT2D eigenvalue weighted by atomic mass is 19.4. The zero-order chi connectivity index (χ0) is 18.7. The van der Waals surface area contributed by atoms with Gasteiger partial charge in [0.15, 0.2) is 5.82 Å². The van der Waals surface area contributed by atoms with Crippen LogP contribution in [-0.4, -0.2) is 23.1 Å². The Balaban J connectivity index is 1.93. The van der Waals surface area contributed by atoms with Crippen molar-refractivity contribution in [2.75, 3.05) is 11.9 Å². The first-order chi connectivity index (χ1) is 12.3. The third kappa shape index (κ3) is 4.26. The molecule has 1 saturated carbocycles. The standard InChI is InChI=1S/C19H22F3N3O/c1-13-8-10-14(11-9-13)25(2)17-16(19(20,21)22)12-23-18(24-17)26-15-6-4-3-5-7-15/h8-12,15H,3-7H2,1-2H3. The molecule has 4 nitrogen and oxygen atoms in total. The quantitative estimate of drug-likeness (QED) is 0.738. The van der Waals surface area contributed by atoms with Gasteiger partial charge in [0.2, 0.25) is 0 Å². The predicted octanol–water partition coefficient (Wildman–Crippen LogP) is 5.28. The van der Waals surface area contributed by atoms with Gasteiger partial charge in [0.25, 0.3) is 0 Å². The molecule has 1 heterocycles. The summed E-state index contributed by atoms with van der Waals surface area (Å²) in [5, 5.41) is 0. The highest BCUT2D eigenvalue weighted by Crippen LogP contribution is 2.38. The average Bonchev–Trinajstić information content (AvgIpc) is 2.61. The normalized spacial score (nSPS) is 15.7. The molecule has 0 spiro atoms. The molecule has 1 aliphatic carbocycles. The second kappa shape index (κ2) is 7.51. The number of nitrogens with zero attached hydrogens (tertiary/aromatic N) is 3. The van der Waals surface area contributed by atoms with Crippen LogP contribution in [0.3, 0.4) is 0 Å². The smallest absolute Gasteiger partial charge is 0.421 e. The molecule has 1 aromatic carbocycles. The fourth-order valence-electron chi connectivity index (χ4n) is 3.09. The van der Waals surface area contributed by atoms with E-state index in [-0.39, 0.29) is 17.9 Å². The van der Waals surface area contributed by atoms with Gasteiger partial charge in [-0.1, -0.05) is 24.1 Å². The maximum absolute atomic E-state index is 13.4. The second-order valence-corrected chi connectivity index (χ2v) is 6.66. The Hall–Kier alpha value is -2.31. The van der Waals surface area contributed by atoms with Crippen LogP contribution in [0, 0.1) is 6.92 Å². The van der Waals surface area contributed by atoms with Crippen molar-refractivity contribution in [3.8, 4) is 6.01 Å². The molecule has 0 unspecified atom stereocenters. The van der Waals surface area contributed by atoms with Crippen LogP contribution in [0.5, 0.6) is 6.01 Å². The Morgan fingerprint density at radius 1 is 1.08 bits per heavy atom. The summed E-state index contributed by atoms with van der Waals surface area (Å²) in [5.74, 6) is -0.206. The van der Waals surface area contributed by atoms with Crippen LogP contribution in [0.25, 0.3) is 0 Å². The third-order valence-electron chi connectivity index (χ3n) is 4.62. The summed E-state index contributed by atoms with van der Waals surface area (Å²) < 4.78 is 46.0. The average molecular weight is 365 g/mol. The maximum atomic E-state index is 13.4. The number of benzene rings is 1. The van der Waals surface area contributed by atoms with Crippen LogP contribution in [0.2, 0.25) is 0 Å². The molecular weight excluding hydrogens is 343 g/mol. The van der Waals surface area contributed by atoms with Gasteiger partial charge in [-0.2, -0.15) is 18.2 Å². The number of halogens is 3. The molecule has 3 rings (SSSR count). The minimum atomic E-state index is -4.54. The minimum absolute atomic E-state index is 0.00105. The van der Waals surface area contributed by atoms with E-state index in [2.05, 4.69) is 9.97 Å². The number of hydrogen-bond acceptors (Lipinski definition) is 4. The van der Waals surface area contributed by atoms with Crippen LogP contribution in [0.1, 0.15) is 43.2 Å². The van der Waals surface area contributed by atoms with Crippen molar-refractivity contribution in [3.63, 3.8) is 0 Å². The molecule has 0 amide bonds. The van der Waals surface area contributed by atoms with E-state index in [1.54, 1.807) is 19.2 Å². The lowest BCUT2D eigenvalue weighted by Gasteiger charge is -2.25. The van der Waals surface area contributed by atoms with Gasteiger partial charge in [-0.05, 0) is 44.7 Å². The number of hydrogen-bond donors (Lipinski definition) is 0.